The van der Waals surface area contributed by atoms with Crippen molar-refractivity contribution in [1.82, 2.24) is 9.13 Å². The van der Waals surface area contributed by atoms with Gasteiger partial charge in [-0.15, -0.1) is 0 Å². The number of esters is 1. The molecule has 2 aromatic carbocycles. The molecular formula is C21H19ClF3N3O4. The van der Waals surface area contributed by atoms with Crippen molar-refractivity contribution in [2.45, 2.75) is 32.6 Å². The third kappa shape index (κ3) is 5.13. The highest BCUT2D eigenvalue weighted by molar-refractivity contribution is 6.30. The van der Waals surface area contributed by atoms with Crippen molar-refractivity contribution < 1.29 is 27.5 Å². The van der Waals surface area contributed by atoms with Gasteiger partial charge in [0.1, 0.15) is 6.54 Å². The minimum Gasteiger partial charge on any atom is -0.454 e. The molecule has 0 saturated heterocycles. The summed E-state index contributed by atoms with van der Waals surface area (Å²) in [7, 11) is 0. The smallest absolute Gasteiger partial charge is 0.418 e. The second kappa shape index (κ2) is 9.47. The molecule has 7 nitrogen and oxygen atoms in total. The Morgan fingerprint density at radius 2 is 1.75 bits per heavy atom. The number of carbonyl (C=O) groups is 2. The van der Waals surface area contributed by atoms with Crippen LogP contribution in [0.3, 0.4) is 0 Å². The van der Waals surface area contributed by atoms with Crippen LogP contribution in [0.4, 0.5) is 18.9 Å². The van der Waals surface area contributed by atoms with Crippen LogP contribution in [-0.2, 0) is 33.6 Å². The van der Waals surface area contributed by atoms with E-state index in [0.717, 1.165) is 6.07 Å². The standard InChI is InChI=1S/C21H19ClF3N3O4/c1-2-9-27-16-5-3-4-6-17(16)28(20(27)31)11-19(30)32-12-18(29)26-15-8-7-13(22)10-14(15)21(23,24)25/h3-8,10H,2,9,11-12H2,1H3,(H,26,29). The predicted molar refractivity (Wildman–Crippen MR) is 113 cm³/mol. The van der Waals surface area contributed by atoms with Gasteiger partial charge in [0, 0.05) is 11.6 Å². The SMILES string of the molecule is CCCn1c(=O)n(CC(=O)OCC(=O)Nc2ccc(Cl)cc2C(F)(F)F)c2ccccc21. The molecule has 0 aliphatic rings. The maximum Gasteiger partial charge on any atom is 0.418 e. The Morgan fingerprint density at radius 3 is 2.38 bits per heavy atom. The van der Waals surface area contributed by atoms with Gasteiger partial charge in [0.25, 0.3) is 5.91 Å². The summed E-state index contributed by atoms with van der Waals surface area (Å²) in [4.78, 5) is 36.9. The van der Waals surface area contributed by atoms with E-state index >= 15 is 0 Å². The highest BCUT2D eigenvalue weighted by Gasteiger charge is 2.34. The number of nitrogens with one attached hydrogen (secondary N) is 1. The van der Waals surface area contributed by atoms with Crippen LogP contribution in [0.2, 0.25) is 5.02 Å². The van der Waals surface area contributed by atoms with Gasteiger partial charge in [-0.2, -0.15) is 13.2 Å². The molecule has 32 heavy (non-hydrogen) atoms. The van der Waals surface area contributed by atoms with Crippen molar-refractivity contribution in [3.05, 3.63) is 63.5 Å². The van der Waals surface area contributed by atoms with E-state index in [1.807, 2.05) is 6.92 Å². The number of nitrogens with zero attached hydrogens (tertiary/aromatic N) is 2. The number of imidazole rings is 1. The van der Waals surface area contributed by atoms with Crippen LogP contribution in [0, 0.1) is 0 Å². The first kappa shape index (κ1) is 23.4. The summed E-state index contributed by atoms with van der Waals surface area (Å²) >= 11 is 5.60. The number of carbonyl (C=O) groups excluding carboxylic acids is 2. The zero-order chi connectivity index (χ0) is 23.5. The molecule has 1 amide bonds. The first-order valence-electron chi connectivity index (χ1n) is 9.62. The van der Waals surface area contributed by atoms with Crippen LogP contribution < -0.4 is 11.0 Å². The fourth-order valence-corrected chi connectivity index (χ4v) is 3.40. The zero-order valence-corrected chi connectivity index (χ0v) is 17.7. The van der Waals surface area contributed by atoms with E-state index in [-0.39, 0.29) is 5.02 Å². The molecule has 0 aliphatic carbocycles. The molecule has 0 radical (unpaired) electrons. The maximum atomic E-state index is 13.1. The quantitative estimate of drug-likeness (QED) is 0.529. The molecule has 3 rings (SSSR count). The van der Waals surface area contributed by atoms with E-state index in [0.29, 0.717) is 30.1 Å². The summed E-state index contributed by atoms with van der Waals surface area (Å²) in [6, 6.07) is 9.81. The van der Waals surface area contributed by atoms with Crippen molar-refractivity contribution in [3.63, 3.8) is 0 Å². The van der Waals surface area contributed by atoms with Crippen molar-refractivity contribution >= 4 is 40.2 Å². The van der Waals surface area contributed by atoms with Gasteiger partial charge < -0.3 is 10.1 Å². The van der Waals surface area contributed by atoms with Crippen LogP contribution in [0.15, 0.2) is 47.3 Å². The van der Waals surface area contributed by atoms with E-state index in [1.165, 1.54) is 15.2 Å². The Balaban J connectivity index is 1.69. The minimum atomic E-state index is -4.74. The van der Waals surface area contributed by atoms with Gasteiger partial charge in [0.2, 0.25) is 0 Å². The fourth-order valence-electron chi connectivity index (χ4n) is 3.23. The van der Waals surface area contributed by atoms with Crippen LogP contribution in [0.25, 0.3) is 11.0 Å². The van der Waals surface area contributed by atoms with E-state index in [2.05, 4.69) is 5.32 Å². The van der Waals surface area contributed by atoms with E-state index < -0.39 is 48.1 Å². The number of benzene rings is 2. The molecule has 0 atom stereocenters. The number of hydrogen-bond donors (Lipinski definition) is 1. The Hall–Kier alpha value is -3.27. The molecule has 3 aromatic rings. The van der Waals surface area contributed by atoms with E-state index in [4.69, 9.17) is 16.3 Å². The Kier molecular flexibility index (Phi) is 6.93. The number of anilines is 1. The molecule has 1 aromatic heterocycles. The summed E-state index contributed by atoms with van der Waals surface area (Å²) in [6.45, 7) is 1.11. The summed E-state index contributed by atoms with van der Waals surface area (Å²) in [5, 5.41) is 1.91. The van der Waals surface area contributed by atoms with Crippen molar-refractivity contribution in [1.29, 1.82) is 0 Å². The first-order valence-corrected chi connectivity index (χ1v) is 10.00. The molecule has 0 spiro atoms. The molecule has 11 heteroatoms. The third-order valence-corrected chi connectivity index (χ3v) is 4.82. The number of rotatable bonds is 7. The number of halogens is 4. The number of alkyl halides is 3. The number of aryl methyl sites for hydroxylation is 1. The highest BCUT2D eigenvalue weighted by Crippen LogP contribution is 2.36. The summed E-state index contributed by atoms with van der Waals surface area (Å²) in [5.41, 5.74) is -0.845. The first-order chi connectivity index (χ1) is 15.1. The normalized spacial score (nSPS) is 11.5. The van der Waals surface area contributed by atoms with Gasteiger partial charge in [-0.1, -0.05) is 30.7 Å². The lowest BCUT2D eigenvalue weighted by atomic mass is 10.1. The number of para-hydroxylation sites is 2. The summed E-state index contributed by atoms with van der Waals surface area (Å²) < 4.78 is 47.0. The number of aromatic nitrogens is 2. The molecule has 1 heterocycles. The third-order valence-electron chi connectivity index (χ3n) is 4.58. The Morgan fingerprint density at radius 1 is 1.09 bits per heavy atom. The predicted octanol–water partition coefficient (Wildman–Crippen LogP) is 4.07. The Labute approximate surface area is 185 Å². The van der Waals surface area contributed by atoms with Gasteiger partial charge in [0.15, 0.2) is 6.61 Å². The highest BCUT2D eigenvalue weighted by atomic mass is 35.5. The molecule has 1 N–H and O–H groups in total. The molecule has 170 valence electrons. The lowest BCUT2D eigenvalue weighted by molar-refractivity contribution is -0.148. The number of ether oxygens (including phenoxy) is 1. The van der Waals surface area contributed by atoms with Crippen molar-refractivity contribution in [3.8, 4) is 0 Å². The second-order valence-corrected chi connectivity index (χ2v) is 7.34. The average molecular weight is 470 g/mol. The van der Waals surface area contributed by atoms with Crippen LogP contribution in [0.1, 0.15) is 18.9 Å². The topological polar surface area (TPSA) is 82.3 Å². The van der Waals surface area contributed by atoms with Crippen molar-refractivity contribution in [2.24, 2.45) is 0 Å². The zero-order valence-electron chi connectivity index (χ0n) is 16.9. The Bertz CT molecular complexity index is 1220. The molecule has 0 bridgehead atoms. The average Bonchev–Trinajstić information content (AvgIpc) is 2.99. The number of hydrogen-bond acceptors (Lipinski definition) is 4. The van der Waals surface area contributed by atoms with Gasteiger partial charge in [-0.25, -0.2) is 4.79 Å². The number of fused-ring (bicyclic) bond motifs is 1. The van der Waals surface area contributed by atoms with Gasteiger partial charge in [-0.3, -0.25) is 18.7 Å². The largest absolute Gasteiger partial charge is 0.454 e. The second-order valence-electron chi connectivity index (χ2n) is 6.91. The van der Waals surface area contributed by atoms with Crippen LogP contribution in [0.5, 0.6) is 0 Å². The fraction of sp³-hybridized carbons (Fsp3) is 0.286. The van der Waals surface area contributed by atoms with Gasteiger partial charge >= 0.3 is 17.8 Å². The monoisotopic (exact) mass is 469 g/mol. The minimum absolute atomic E-state index is 0.144. The lowest BCUT2D eigenvalue weighted by Crippen LogP contribution is -2.29. The van der Waals surface area contributed by atoms with Crippen LogP contribution in [-0.4, -0.2) is 27.6 Å². The van der Waals surface area contributed by atoms with Crippen molar-refractivity contribution in [2.75, 3.05) is 11.9 Å². The lowest BCUT2D eigenvalue weighted by Gasteiger charge is -2.14. The molecular weight excluding hydrogens is 451 g/mol. The molecule has 0 aliphatic heterocycles. The molecule has 0 unspecified atom stereocenters. The summed E-state index contributed by atoms with van der Waals surface area (Å²) in [5.74, 6) is -1.85. The summed E-state index contributed by atoms with van der Waals surface area (Å²) in [6.07, 6.45) is -4.03. The van der Waals surface area contributed by atoms with E-state index in [9.17, 15) is 27.6 Å². The van der Waals surface area contributed by atoms with E-state index in [1.54, 1.807) is 24.3 Å². The van der Waals surface area contributed by atoms with Gasteiger partial charge in [0.05, 0.1) is 22.3 Å². The van der Waals surface area contributed by atoms with Gasteiger partial charge in [-0.05, 0) is 36.8 Å². The number of amides is 1. The molecule has 0 fully saturated rings. The maximum absolute atomic E-state index is 13.1. The molecule has 0 saturated carbocycles. The van der Waals surface area contributed by atoms with Crippen LogP contribution >= 0.6 is 11.6 Å².